The zero-order chi connectivity index (χ0) is 18.4. The number of nitrogens with zero attached hydrogens (tertiary/aromatic N) is 1. The molecule has 3 rings (SSSR count). The van der Waals surface area contributed by atoms with Crippen molar-refractivity contribution in [3.05, 3.63) is 59.7 Å². The molecule has 0 bridgehead atoms. The first-order chi connectivity index (χ1) is 12.7. The van der Waals surface area contributed by atoms with Gasteiger partial charge >= 0.3 is 0 Å². The molecule has 4 nitrogen and oxygen atoms in total. The minimum Gasteiger partial charge on any atom is -0.493 e. The molecule has 4 heteroatoms. The molecule has 1 amide bonds. The van der Waals surface area contributed by atoms with Gasteiger partial charge in [-0.2, -0.15) is 0 Å². The second-order valence-corrected chi connectivity index (χ2v) is 6.95. The van der Waals surface area contributed by atoms with Crippen molar-refractivity contribution in [1.82, 2.24) is 4.90 Å². The van der Waals surface area contributed by atoms with Crippen molar-refractivity contribution < 1.29 is 14.3 Å². The lowest BCUT2D eigenvalue weighted by Crippen LogP contribution is -2.30. The molecule has 0 spiro atoms. The van der Waals surface area contributed by atoms with Crippen LogP contribution in [0.15, 0.2) is 48.5 Å². The third kappa shape index (κ3) is 4.78. The molecule has 0 aromatic heterocycles. The third-order valence-electron chi connectivity index (χ3n) is 4.93. The highest BCUT2D eigenvalue weighted by Gasteiger charge is 2.26. The molecule has 2 aromatic rings. The number of hydrogen-bond acceptors (Lipinski definition) is 3. The highest BCUT2D eigenvalue weighted by molar-refractivity contribution is 5.79. The molecule has 1 atom stereocenters. The monoisotopic (exact) mass is 353 g/mol. The molecule has 138 valence electrons. The number of amides is 1. The van der Waals surface area contributed by atoms with Crippen molar-refractivity contribution in [2.45, 2.75) is 26.2 Å². The van der Waals surface area contributed by atoms with Crippen LogP contribution in [0.4, 0.5) is 0 Å². The number of ether oxygens (including phenoxy) is 2. The Balaban J connectivity index is 1.44. The van der Waals surface area contributed by atoms with E-state index < -0.39 is 0 Å². The summed E-state index contributed by atoms with van der Waals surface area (Å²) in [5.41, 5.74) is 2.29. The normalized spacial score (nSPS) is 16.5. The van der Waals surface area contributed by atoms with E-state index in [2.05, 4.69) is 19.1 Å². The largest absolute Gasteiger partial charge is 0.493 e. The summed E-state index contributed by atoms with van der Waals surface area (Å²) in [7, 11) is 1.65. The Morgan fingerprint density at radius 1 is 1.15 bits per heavy atom. The molecule has 1 aliphatic heterocycles. The van der Waals surface area contributed by atoms with E-state index in [1.54, 1.807) is 7.11 Å². The standard InChI is InChI=1S/C22H27NO3/c1-17-6-5-7-19(14-17)15-22(24)23-12-10-18(16-23)11-13-26-21-9-4-3-8-20(21)25-2/h3-9,14,18H,10-13,15-16H2,1-2H3. The fourth-order valence-electron chi connectivity index (χ4n) is 3.48. The van der Waals surface area contributed by atoms with Gasteiger partial charge in [-0.05, 0) is 43.4 Å². The Morgan fingerprint density at radius 3 is 2.73 bits per heavy atom. The van der Waals surface area contributed by atoms with Crippen LogP contribution in [0.5, 0.6) is 11.5 Å². The van der Waals surface area contributed by atoms with E-state index >= 15 is 0 Å². The van der Waals surface area contributed by atoms with Gasteiger partial charge in [-0.1, -0.05) is 42.0 Å². The van der Waals surface area contributed by atoms with Gasteiger partial charge in [0.2, 0.25) is 5.91 Å². The van der Waals surface area contributed by atoms with E-state index in [9.17, 15) is 4.79 Å². The number of carbonyl (C=O) groups is 1. The van der Waals surface area contributed by atoms with E-state index in [0.717, 1.165) is 43.0 Å². The molecular weight excluding hydrogens is 326 g/mol. The number of likely N-dealkylation sites (tertiary alicyclic amines) is 1. The van der Waals surface area contributed by atoms with Crippen molar-refractivity contribution >= 4 is 5.91 Å². The number of hydrogen-bond donors (Lipinski definition) is 0. The van der Waals surface area contributed by atoms with Crippen LogP contribution in [0.25, 0.3) is 0 Å². The molecular formula is C22H27NO3. The van der Waals surface area contributed by atoms with Gasteiger partial charge in [-0.15, -0.1) is 0 Å². The fourth-order valence-corrected chi connectivity index (χ4v) is 3.48. The molecule has 0 N–H and O–H groups in total. The van der Waals surface area contributed by atoms with Crippen LogP contribution < -0.4 is 9.47 Å². The molecule has 1 unspecified atom stereocenters. The van der Waals surface area contributed by atoms with E-state index in [1.165, 1.54) is 5.56 Å². The van der Waals surface area contributed by atoms with E-state index in [-0.39, 0.29) is 5.91 Å². The maximum absolute atomic E-state index is 12.5. The minimum atomic E-state index is 0.226. The summed E-state index contributed by atoms with van der Waals surface area (Å²) >= 11 is 0. The topological polar surface area (TPSA) is 38.8 Å². The van der Waals surface area contributed by atoms with Gasteiger partial charge in [0.25, 0.3) is 0 Å². The average molecular weight is 353 g/mol. The maximum atomic E-state index is 12.5. The van der Waals surface area contributed by atoms with Gasteiger partial charge in [-0.3, -0.25) is 4.79 Å². The molecule has 0 saturated carbocycles. The van der Waals surface area contributed by atoms with Crippen LogP contribution in [-0.4, -0.2) is 37.6 Å². The smallest absolute Gasteiger partial charge is 0.226 e. The van der Waals surface area contributed by atoms with Crippen molar-refractivity contribution in [3.63, 3.8) is 0 Å². The number of para-hydroxylation sites is 2. The maximum Gasteiger partial charge on any atom is 0.226 e. The molecule has 0 aliphatic carbocycles. The van der Waals surface area contributed by atoms with Crippen LogP contribution in [0.3, 0.4) is 0 Å². The van der Waals surface area contributed by atoms with Crippen molar-refractivity contribution in [2.24, 2.45) is 5.92 Å². The van der Waals surface area contributed by atoms with Gasteiger partial charge < -0.3 is 14.4 Å². The fraction of sp³-hybridized carbons (Fsp3) is 0.409. The molecule has 1 heterocycles. The van der Waals surface area contributed by atoms with Crippen molar-refractivity contribution in [3.8, 4) is 11.5 Å². The van der Waals surface area contributed by atoms with Crippen LogP contribution >= 0.6 is 0 Å². The SMILES string of the molecule is COc1ccccc1OCCC1CCN(C(=O)Cc2cccc(C)c2)C1. The van der Waals surface area contributed by atoms with E-state index in [4.69, 9.17) is 9.47 Å². The number of benzene rings is 2. The molecule has 2 aromatic carbocycles. The Labute approximate surface area is 155 Å². The lowest BCUT2D eigenvalue weighted by Gasteiger charge is -2.17. The number of aryl methyl sites for hydroxylation is 1. The zero-order valence-electron chi connectivity index (χ0n) is 15.6. The van der Waals surface area contributed by atoms with Crippen molar-refractivity contribution in [1.29, 1.82) is 0 Å². The Morgan fingerprint density at radius 2 is 1.96 bits per heavy atom. The van der Waals surface area contributed by atoms with Gasteiger partial charge in [0, 0.05) is 13.1 Å². The molecule has 26 heavy (non-hydrogen) atoms. The Bertz CT molecular complexity index is 744. The van der Waals surface area contributed by atoms with Crippen LogP contribution in [0.1, 0.15) is 24.0 Å². The summed E-state index contributed by atoms with van der Waals surface area (Å²) in [6.07, 6.45) is 2.49. The highest BCUT2D eigenvalue weighted by Crippen LogP contribution is 2.27. The molecule has 1 aliphatic rings. The predicted octanol–water partition coefficient (Wildman–Crippen LogP) is 3.86. The summed E-state index contributed by atoms with van der Waals surface area (Å²) in [6.45, 7) is 4.39. The Kier molecular flexibility index (Phi) is 6.16. The van der Waals surface area contributed by atoms with Crippen LogP contribution in [0, 0.1) is 12.8 Å². The van der Waals surface area contributed by atoms with Gasteiger partial charge in [0.15, 0.2) is 11.5 Å². The van der Waals surface area contributed by atoms with E-state index in [1.807, 2.05) is 41.3 Å². The number of methoxy groups -OCH3 is 1. The van der Waals surface area contributed by atoms with Crippen molar-refractivity contribution in [2.75, 3.05) is 26.8 Å². The lowest BCUT2D eigenvalue weighted by atomic mass is 10.1. The zero-order valence-corrected chi connectivity index (χ0v) is 15.6. The molecule has 0 radical (unpaired) electrons. The van der Waals surface area contributed by atoms with E-state index in [0.29, 0.717) is 18.9 Å². The third-order valence-corrected chi connectivity index (χ3v) is 4.93. The summed E-state index contributed by atoms with van der Waals surface area (Å²) in [4.78, 5) is 14.5. The summed E-state index contributed by atoms with van der Waals surface area (Å²) in [6, 6.07) is 15.9. The summed E-state index contributed by atoms with van der Waals surface area (Å²) in [5, 5.41) is 0. The highest BCUT2D eigenvalue weighted by atomic mass is 16.5. The predicted molar refractivity (Wildman–Crippen MR) is 103 cm³/mol. The first-order valence-electron chi connectivity index (χ1n) is 9.25. The first-order valence-corrected chi connectivity index (χ1v) is 9.25. The number of rotatable bonds is 7. The quantitative estimate of drug-likeness (QED) is 0.759. The molecule has 1 fully saturated rings. The summed E-state index contributed by atoms with van der Waals surface area (Å²) in [5.74, 6) is 2.27. The average Bonchev–Trinajstić information content (AvgIpc) is 3.11. The Hall–Kier alpha value is -2.49. The molecule has 1 saturated heterocycles. The van der Waals surface area contributed by atoms with Gasteiger partial charge in [0.1, 0.15) is 0 Å². The van der Waals surface area contributed by atoms with Gasteiger partial charge in [-0.25, -0.2) is 0 Å². The minimum absolute atomic E-state index is 0.226. The van der Waals surface area contributed by atoms with Gasteiger partial charge in [0.05, 0.1) is 20.1 Å². The van der Waals surface area contributed by atoms with Crippen LogP contribution in [0.2, 0.25) is 0 Å². The second kappa shape index (κ2) is 8.75. The van der Waals surface area contributed by atoms with Crippen LogP contribution in [-0.2, 0) is 11.2 Å². The second-order valence-electron chi connectivity index (χ2n) is 6.95. The number of carbonyl (C=O) groups excluding carboxylic acids is 1. The first kappa shape index (κ1) is 18.3. The lowest BCUT2D eigenvalue weighted by molar-refractivity contribution is -0.129. The summed E-state index contributed by atoms with van der Waals surface area (Å²) < 4.78 is 11.2.